The third kappa shape index (κ3) is 5.79. The molecule has 0 aliphatic heterocycles. The summed E-state index contributed by atoms with van der Waals surface area (Å²) in [6.45, 7) is 1.94. The van der Waals surface area contributed by atoms with Crippen LogP contribution in [0.4, 0.5) is 0 Å². The van der Waals surface area contributed by atoms with Crippen LogP contribution in [0.3, 0.4) is 0 Å². The summed E-state index contributed by atoms with van der Waals surface area (Å²) in [7, 11) is 1.61. The van der Waals surface area contributed by atoms with Gasteiger partial charge in [-0.3, -0.25) is 4.79 Å². The lowest BCUT2D eigenvalue weighted by molar-refractivity contribution is -0.120. The summed E-state index contributed by atoms with van der Waals surface area (Å²) < 4.78 is 5.08. The largest absolute Gasteiger partial charge is 0.497 e. The highest BCUT2D eigenvalue weighted by molar-refractivity contribution is 5.86. The molecule has 0 unspecified atom stereocenters. The van der Waals surface area contributed by atoms with Crippen molar-refractivity contribution in [3.63, 3.8) is 0 Å². The molecule has 0 aromatic heterocycles. The van der Waals surface area contributed by atoms with E-state index in [1.165, 1.54) is 0 Å². The number of allylic oxidation sites excluding steroid dienone is 1. The highest BCUT2D eigenvalue weighted by atomic mass is 16.5. The molecule has 23 heavy (non-hydrogen) atoms. The molecule has 0 spiro atoms. The van der Waals surface area contributed by atoms with Crippen molar-refractivity contribution in [1.82, 2.24) is 5.43 Å². The van der Waals surface area contributed by atoms with Crippen LogP contribution in [0.2, 0.25) is 0 Å². The SMILES string of the molecule is COc1ccc(CC(=O)N/N=C\C(C)=C\c2ccccc2)cc1. The van der Waals surface area contributed by atoms with Gasteiger partial charge in [-0.25, -0.2) is 5.43 Å². The third-order valence-corrected chi connectivity index (χ3v) is 3.18. The van der Waals surface area contributed by atoms with Gasteiger partial charge in [0, 0.05) is 0 Å². The molecule has 0 fully saturated rings. The molecule has 2 aromatic carbocycles. The van der Waals surface area contributed by atoms with Gasteiger partial charge in [0.15, 0.2) is 0 Å². The number of nitrogens with zero attached hydrogens (tertiary/aromatic N) is 1. The van der Waals surface area contributed by atoms with Gasteiger partial charge in [0.2, 0.25) is 5.91 Å². The maximum atomic E-state index is 11.8. The summed E-state index contributed by atoms with van der Waals surface area (Å²) in [6, 6.07) is 17.3. The minimum atomic E-state index is -0.154. The molecule has 0 heterocycles. The molecule has 0 aliphatic rings. The van der Waals surface area contributed by atoms with E-state index in [0.29, 0.717) is 0 Å². The Balaban J connectivity index is 1.84. The molecule has 2 rings (SSSR count). The first-order valence-corrected chi connectivity index (χ1v) is 7.35. The Hall–Kier alpha value is -2.88. The molecule has 2 aromatic rings. The van der Waals surface area contributed by atoms with Gasteiger partial charge in [0.25, 0.3) is 0 Å². The van der Waals surface area contributed by atoms with Crippen LogP contribution in [-0.2, 0) is 11.2 Å². The summed E-state index contributed by atoms with van der Waals surface area (Å²) >= 11 is 0. The summed E-state index contributed by atoms with van der Waals surface area (Å²) in [5.74, 6) is 0.618. The van der Waals surface area contributed by atoms with Gasteiger partial charge in [0.05, 0.1) is 19.7 Å². The van der Waals surface area contributed by atoms with Gasteiger partial charge in [-0.05, 0) is 35.8 Å². The zero-order valence-corrected chi connectivity index (χ0v) is 13.3. The number of ether oxygens (including phenoxy) is 1. The van der Waals surface area contributed by atoms with Crippen molar-refractivity contribution in [1.29, 1.82) is 0 Å². The molecule has 0 atom stereocenters. The average Bonchev–Trinajstić information content (AvgIpc) is 2.56. The molecule has 4 nitrogen and oxygen atoms in total. The minimum Gasteiger partial charge on any atom is -0.497 e. The van der Waals surface area contributed by atoms with Gasteiger partial charge < -0.3 is 4.74 Å². The molecular weight excluding hydrogens is 288 g/mol. The van der Waals surface area contributed by atoms with E-state index in [9.17, 15) is 4.79 Å². The first-order chi connectivity index (χ1) is 11.2. The Labute approximate surface area is 136 Å². The van der Waals surface area contributed by atoms with Gasteiger partial charge >= 0.3 is 0 Å². The number of rotatable bonds is 6. The van der Waals surface area contributed by atoms with E-state index in [4.69, 9.17) is 4.74 Å². The normalized spacial score (nSPS) is 11.5. The molecule has 0 aliphatic carbocycles. The van der Waals surface area contributed by atoms with Crippen LogP contribution in [0.15, 0.2) is 65.3 Å². The maximum Gasteiger partial charge on any atom is 0.244 e. The van der Waals surface area contributed by atoms with Crippen LogP contribution in [0.1, 0.15) is 18.1 Å². The van der Waals surface area contributed by atoms with Crippen LogP contribution in [0.25, 0.3) is 6.08 Å². The first kappa shape index (κ1) is 16.5. The Morgan fingerprint density at radius 2 is 1.83 bits per heavy atom. The van der Waals surface area contributed by atoms with Crippen molar-refractivity contribution in [3.05, 3.63) is 71.3 Å². The lowest BCUT2D eigenvalue weighted by Crippen LogP contribution is -2.19. The van der Waals surface area contributed by atoms with Crippen LogP contribution in [0, 0.1) is 0 Å². The average molecular weight is 308 g/mol. The molecule has 1 amide bonds. The minimum absolute atomic E-state index is 0.154. The van der Waals surface area contributed by atoms with Crippen molar-refractivity contribution in [3.8, 4) is 5.75 Å². The summed E-state index contributed by atoms with van der Waals surface area (Å²) in [4.78, 5) is 11.8. The monoisotopic (exact) mass is 308 g/mol. The van der Waals surface area contributed by atoms with Gasteiger partial charge in [-0.2, -0.15) is 5.10 Å². The Bertz CT molecular complexity index is 689. The highest BCUT2D eigenvalue weighted by Gasteiger charge is 2.02. The number of hydrogen-bond donors (Lipinski definition) is 1. The molecule has 0 bridgehead atoms. The second-order valence-electron chi connectivity index (χ2n) is 5.12. The zero-order chi connectivity index (χ0) is 16.5. The van der Waals surface area contributed by atoms with Crippen molar-refractivity contribution in [2.24, 2.45) is 5.10 Å². The molecule has 4 heteroatoms. The fourth-order valence-corrected chi connectivity index (χ4v) is 2.02. The standard InChI is InChI=1S/C19H20N2O2/c1-15(12-16-6-4-3-5-7-16)14-20-21-19(22)13-17-8-10-18(23-2)11-9-17/h3-12,14H,13H2,1-2H3,(H,21,22)/b15-12+,20-14-. The second-order valence-corrected chi connectivity index (χ2v) is 5.12. The van der Waals surface area contributed by atoms with E-state index in [2.05, 4.69) is 10.5 Å². The predicted octanol–water partition coefficient (Wildman–Crippen LogP) is 3.44. The number of methoxy groups -OCH3 is 1. The number of benzene rings is 2. The molecule has 0 saturated carbocycles. The van der Waals surface area contributed by atoms with E-state index in [1.807, 2.05) is 67.6 Å². The number of nitrogens with one attached hydrogen (secondary N) is 1. The molecule has 1 N–H and O–H groups in total. The van der Waals surface area contributed by atoms with E-state index < -0.39 is 0 Å². The number of hydrazone groups is 1. The zero-order valence-electron chi connectivity index (χ0n) is 13.3. The molecular formula is C19H20N2O2. The topological polar surface area (TPSA) is 50.7 Å². The second kappa shape index (κ2) is 8.54. The number of carbonyl (C=O) groups excluding carboxylic acids is 1. The lowest BCUT2D eigenvalue weighted by atomic mass is 10.1. The van der Waals surface area contributed by atoms with Crippen molar-refractivity contribution >= 4 is 18.2 Å². The van der Waals surface area contributed by atoms with Gasteiger partial charge in [-0.1, -0.05) is 48.5 Å². The van der Waals surface area contributed by atoms with Crippen LogP contribution in [-0.4, -0.2) is 19.2 Å². The number of carbonyl (C=O) groups is 1. The Morgan fingerprint density at radius 3 is 2.48 bits per heavy atom. The fourth-order valence-electron chi connectivity index (χ4n) is 2.02. The maximum absolute atomic E-state index is 11.8. The van der Waals surface area contributed by atoms with Crippen molar-refractivity contribution in [2.45, 2.75) is 13.3 Å². The number of amides is 1. The first-order valence-electron chi connectivity index (χ1n) is 7.35. The summed E-state index contributed by atoms with van der Waals surface area (Å²) in [5, 5.41) is 3.98. The van der Waals surface area contributed by atoms with E-state index in [0.717, 1.165) is 22.4 Å². The fraction of sp³-hybridized carbons (Fsp3) is 0.158. The quantitative estimate of drug-likeness (QED) is 0.656. The highest BCUT2D eigenvalue weighted by Crippen LogP contribution is 2.11. The third-order valence-electron chi connectivity index (χ3n) is 3.18. The lowest BCUT2D eigenvalue weighted by Gasteiger charge is -2.02. The van der Waals surface area contributed by atoms with Crippen molar-refractivity contribution < 1.29 is 9.53 Å². The molecule has 0 saturated heterocycles. The number of hydrogen-bond acceptors (Lipinski definition) is 3. The molecule has 118 valence electrons. The van der Waals surface area contributed by atoms with Crippen LogP contribution in [0.5, 0.6) is 5.75 Å². The van der Waals surface area contributed by atoms with E-state index in [1.54, 1.807) is 13.3 Å². The summed E-state index contributed by atoms with van der Waals surface area (Å²) in [5.41, 5.74) is 5.50. The van der Waals surface area contributed by atoms with Crippen LogP contribution < -0.4 is 10.2 Å². The van der Waals surface area contributed by atoms with Gasteiger partial charge in [0.1, 0.15) is 5.75 Å². The predicted molar refractivity (Wildman–Crippen MR) is 93.4 cm³/mol. The van der Waals surface area contributed by atoms with Crippen molar-refractivity contribution in [2.75, 3.05) is 7.11 Å². The van der Waals surface area contributed by atoms with E-state index >= 15 is 0 Å². The van der Waals surface area contributed by atoms with Crippen LogP contribution >= 0.6 is 0 Å². The van der Waals surface area contributed by atoms with Gasteiger partial charge in [-0.15, -0.1) is 0 Å². The summed E-state index contributed by atoms with van der Waals surface area (Å²) in [6.07, 6.45) is 3.92. The smallest absolute Gasteiger partial charge is 0.244 e. The van der Waals surface area contributed by atoms with E-state index in [-0.39, 0.29) is 12.3 Å². The molecule has 0 radical (unpaired) electrons. The Kier molecular flexibility index (Phi) is 6.12. The Morgan fingerprint density at radius 1 is 1.13 bits per heavy atom.